The van der Waals surface area contributed by atoms with Crippen LogP contribution in [0, 0.1) is 28.6 Å². The number of hydrogen-bond donors (Lipinski definition) is 3. The molecule has 8 heteroatoms. The number of carbonyl (C=O) groups is 2. The fourth-order valence-corrected chi connectivity index (χ4v) is 8.11. The standard InChI is InChI=1S/C32H42N2O6/c1-30-14-11-22(18-21(30)7-10-24-25(30)12-15-31(2)26(24)13-16-32(31,3)38)34-40-19-28(36)33-27(29(37)39-4)17-20-5-8-23(35)9-6-20/h5-6,8-9,11,14,18,24-27,35,38H,7,10,12-13,15-17,19H2,1-4H3,(H,33,36)/b34-22-/t24-,25+,26+,27+,30+,31+,32+/m1/s1. The molecule has 0 unspecified atom stereocenters. The first-order chi connectivity index (χ1) is 19.0. The van der Waals surface area contributed by atoms with Gasteiger partial charge >= 0.3 is 5.97 Å². The number of allylic oxidation sites excluding steroid dienone is 4. The monoisotopic (exact) mass is 550 g/mol. The van der Waals surface area contributed by atoms with E-state index in [0.29, 0.717) is 23.5 Å². The summed E-state index contributed by atoms with van der Waals surface area (Å²) in [7, 11) is 1.27. The Morgan fingerprint density at radius 3 is 2.55 bits per heavy atom. The topological polar surface area (TPSA) is 117 Å². The molecule has 0 saturated heterocycles. The fourth-order valence-electron chi connectivity index (χ4n) is 8.11. The van der Waals surface area contributed by atoms with E-state index in [4.69, 9.17) is 9.57 Å². The zero-order valence-corrected chi connectivity index (χ0v) is 24.0. The molecular weight excluding hydrogens is 508 g/mol. The van der Waals surface area contributed by atoms with Gasteiger partial charge < -0.3 is 25.1 Å². The third-order valence-electron chi connectivity index (χ3n) is 10.7. The smallest absolute Gasteiger partial charge is 0.328 e. The molecule has 40 heavy (non-hydrogen) atoms. The highest BCUT2D eigenvalue weighted by Gasteiger charge is 2.62. The first-order valence-corrected chi connectivity index (χ1v) is 14.4. The normalized spacial score (nSPS) is 36.1. The molecule has 0 spiro atoms. The van der Waals surface area contributed by atoms with E-state index in [1.54, 1.807) is 12.1 Å². The number of benzene rings is 1. The van der Waals surface area contributed by atoms with E-state index < -0.39 is 23.5 Å². The van der Waals surface area contributed by atoms with Crippen LogP contribution in [0.1, 0.15) is 64.9 Å². The molecule has 0 aromatic heterocycles. The van der Waals surface area contributed by atoms with Crippen LogP contribution in [-0.2, 0) is 25.6 Å². The molecule has 0 heterocycles. The number of rotatable bonds is 7. The van der Waals surface area contributed by atoms with Crippen LogP contribution in [0.15, 0.2) is 53.2 Å². The number of hydrogen-bond acceptors (Lipinski definition) is 7. The first kappa shape index (κ1) is 28.4. The highest BCUT2D eigenvalue weighted by molar-refractivity contribution is 6.05. The minimum Gasteiger partial charge on any atom is -0.508 e. The molecule has 5 rings (SSSR count). The number of oxime groups is 1. The van der Waals surface area contributed by atoms with Crippen molar-refractivity contribution in [2.45, 2.75) is 77.4 Å². The average molecular weight is 551 g/mol. The number of fused-ring (bicyclic) bond motifs is 5. The van der Waals surface area contributed by atoms with E-state index in [2.05, 4.69) is 36.5 Å². The lowest BCUT2D eigenvalue weighted by molar-refractivity contribution is -0.145. The van der Waals surface area contributed by atoms with Gasteiger partial charge in [-0.1, -0.05) is 42.8 Å². The summed E-state index contributed by atoms with van der Waals surface area (Å²) in [5.74, 6) is 0.809. The van der Waals surface area contributed by atoms with Gasteiger partial charge in [-0.2, -0.15) is 0 Å². The predicted molar refractivity (Wildman–Crippen MR) is 151 cm³/mol. The highest BCUT2D eigenvalue weighted by atomic mass is 16.6. The summed E-state index contributed by atoms with van der Waals surface area (Å²) in [5.41, 5.74) is 2.20. The van der Waals surface area contributed by atoms with Gasteiger partial charge in [0.2, 0.25) is 0 Å². The van der Waals surface area contributed by atoms with Gasteiger partial charge in [0.1, 0.15) is 17.5 Å². The van der Waals surface area contributed by atoms with Crippen LogP contribution in [0.4, 0.5) is 0 Å². The number of aromatic hydroxyl groups is 1. The van der Waals surface area contributed by atoms with Crippen molar-refractivity contribution < 1.29 is 29.4 Å². The van der Waals surface area contributed by atoms with Gasteiger partial charge in [-0.05, 0) is 98.5 Å². The SMILES string of the molecule is COC(=O)[C@H](Cc1ccc(O)cc1)NC(=O)CO/N=C1/C=C[C@@]2(C)C(=C1)CC[C@@H]1[C@@H]2CC[C@@]2(C)[C@H]1CC[C@]2(C)O. The lowest BCUT2D eigenvalue weighted by atomic mass is 9.47. The Hall–Kier alpha value is -3.13. The van der Waals surface area contributed by atoms with Crippen molar-refractivity contribution in [3.05, 3.63) is 53.6 Å². The zero-order valence-electron chi connectivity index (χ0n) is 24.0. The number of methoxy groups -OCH3 is 1. The number of amides is 1. The average Bonchev–Trinajstić information content (AvgIpc) is 3.17. The third-order valence-corrected chi connectivity index (χ3v) is 10.7. The summed E-state index contributed by atoms with van der Waals surface area (Å²) >= 11 is 0. The van der Waals surface area contributed by atoms with Gasteiger partial charge in [0.15, 0.2) is 6.61 Å². The van der Waals surface area contributed by atoms with Gasteiger partial charge in [-0.25, -0.2) is 4.79 Å². The molecule has 3 N–H and O–H groups in total. The minimum atomic E-state index is -0.883. The lowest BCUT2D eigenvalue weighted by Gasteiger charge is -2.58. The molecule has 1 amide bonds. The van der Waals surface area contributed by atoms with Gasteiger partial charge in [-0.3, -0.25) is 4.79 Å². The summed E-state index contributed by atoms with van der Waals surface area (Å²) in [6, 6.07) is 5.55. The number of carbonyl (C=O) groups excluding carboxylic acids is 2. The van der Waals surface area contributed by atoms with Crippen LogP contribution in [0.3, 0.4) is 0 Å². The lowest BCUT2D eigenvalue weighted by Crippen LogP contribution is -2.53. The van der Waals surface area contributed by atoms with E-state index in [-0.39, 0.29) is 29.6 Å². The molecule has 0 aliphatic heterocycles. The van der Waals surface area contributed by atoms with Crippen LogP contribution in [-0.4, -0.2) is 53.2 Å². The Morgan fingerprint density at radius 2 is 1.82 bits per heavy atom. The zero-order chi connectivity index (χ0) is 28.7. The van der Waals surface area contributed by atoms with E-state index in [1.165, 1.54) is 24.8 Å². The largest absolute Gasteiger partial charge is 0.508 e. The van der Waals surface area contributed by atoms with Crippen molar-refractivity contribution in [3.63, 3.8) is 0 Å². The van der Waals surface area contributed by atoms with Crippen molar-refractivity contribution in [1.29, 1.82) is 0 Å². The Morgan fingerprint density at radius 1 is 1.10 bits per heavy atom. The predicted octanol–water partition coefficient (Wildman–Crippen LogP) is 4.45. The van der Waals surface area contributed by atoms with Crippen molar-refractivity contribution in [1.82, 2.24) is 5.32 Å². The summed E-state index contributed by atoms with van der Waals surface area (Å²) < 4.78 is 4.84. The maximum atomic E-state index is 12.6. The van der Waals surface area contributed by atoms with Crippen LogP contribution in [0.25, 0.3) is 0 Å². The van der Waals surface area contributed by atoms with E-state index >= 15 is 0 Å². The quantitative estimate of drug-likeness (QED) is 0.341. The number of nitrogens with one attached hydrogen (secondary N) is 1. The molecule has 1 aromatic carbocycles. The minimum absolute atomic E-state index is 0.00207. The second kappa shape index (κ2) is 10.7. The maximum Gasteiger partial charge on any atom is 0.328 e. The van der Waals surface area contributed by atoms with Gasteiger partial charge in [-0.15, -0.1) is 0 Å². The van der Waals surface area contributed by atoms with Crippen LogP contribution < -0.4 is 5.32 Å². The van der Waals surface area contributed by atoms with E-state index in [0.717, 1.165) is 44.1 Å². The number of ether oxygens (including phenoxy) is 1. The van der Waals surface area contributed by atoms with Crippen molar-refractivity contribution in [2.75, 3.05) is 13.7 Å². The molecule has 4 aliphatic carbocycles. The molecule has 7 atom stereocenters. The molecular formula is C32H42N2O6. The Kier molecular flexibility index (Phi) is 7.59. The number of esters is 1. The summed E-state index contributed by atoms with van der Waals surface area (Å²) in [6.45, 7) is 6.36. The highest BCUT2D eigenvalue weighted by Crippen LogP contribution is 2.66. The van der Waals surface area contributed by atoms with Crippen molar-refractivity contribution >= 4 is 17.6 Å². The van der Waals surface area contributed by atoms with Gasteiger partial charge in [0, 0.05) is 11.8 Å². The Labute approximate surface area is 236 Å². The third kappa shape index (κ3) is 5.06. The van der Waals surface area contributed by atoms with Gasteiger partial charge in [0.05, 0.1) is 12.7 Å². The maximum absolute atomic E-state index is 12.6. The number of phenolic OH excluding ortho intramolecular Hbond substituents is 1. The number of aliphatic hydroxyl groups is 1. The Balaban J connectivity index is 1.19. The summed E-state index contributed by atoms with van der Waals surface area (Å²) in [4.78, 5) is 30.2. The molecule has 4 aliphatic rings. The molecule has 1 aromatic rings. The number of phenols is 1. The molecule has 3 saturated carbocycles. The summed E-state index contributed by atoms with van der Waals surface area (Å²) in [6.07, 6.45) is 12.9. The second-order valence-electron chi connectivity index (χ2n) is 12.8. The van der Waals surface area contributed by atoms with Crippen molar-refractivity contribution in [2.24, 2.45) is 33.7 Å². The van der Waals surface area contributed by atoms with Crippen LogP contribution in [0.5, 0.6) is 5.75 Å². The van der Waals surface area contributed by atoms with Crippen LogP contribution in [0.2, 0.25) is 0 Å². The van der Waals surface area contributed by atoms with E-state index in [9.17, 15) is 19.8 Å². The Bertz CT molecular complexity index is 1230. The first-order valence-electron chi connectivity index (χ1n) is 14.4. The fraction of sp³-hybridized carbons (Fsp3) is 0.594. The molecule has 216 valence electrons. The molecule has 0 bridgehead atoms. The van der Waals surface area contributed by atoms with Crippen LogP contribution >= 0.6 is 0 Å². The molecule has 8 nitrogen and oxygen atoms in total. The molecule has 3 fully saturated rings. The van der Waals surface area contributed by atoms with Gasteiger partial charge in [0.25, 0.3) is 5.91 Å². The molecule has 0 radical (unpaired) electrons. The van der Waals surface area contributed by atoms with E-state index in [1.807, 2.05) is 13.0 Å². The second-order valence-corrected chi connectivity index (χ2v) is 12.8. The summed E-state index contributed by atoms with van der Waals surface area (Å²) in [5, 5.41) is 27.5. The number of nitrogens with zero attached hydrogens (tertiary/aromatic N) is 1. The van der Waals surface area contributed by atoms with Crippen molar-refractivity contribution in [3.8, 4) is 5.75 Å².